The van der Waals surface area contributed by atoms with E-state index in [0.717, 1.165) is 6.54 Å². The molecule has 0 spiro atoms. The molecule has 2 amide bonds. The molecule has 1 saturated carbocycles. The van der Waals surface area contributed by atoms with Gasteiger partial charge in [0.15, 0.2) is 0 Å². The molecule has 1 aromatic carbocycles. The smallest absolute Gasteiger partial charge is 0.251 e. The number of carbonyl (C=O) groups is 2. The van der Waals surface area contributed by atoms with Gasteiger partial charge >= 0.3 is 0 Å². The van der Waals surface area contributed by atoms with Crippen molar-refractivity contribution in [2.75, 3.05) is 13.1 Å². The highest BCUT2D eigenvalue weighted by Crippen LogP contribution is 2.22. The number of nitrogens with one attached hydrogen (secondary N) is 2. The molecule has 1 aromatic rings. The highest BCUT2D eigenvalue weighted by atomic mass is 35.5. The van der Waals surface area contributed by atoms with Gasteiger partial charge in [0.1, 0.15) is 0 Å². The Morgan fingerprint density at radius 3 is 2.43 bits per heavy atom. The van der Waals surface area contributed by atoms with Crippen LogP contribution in [0.4, 0.5) is 0 Å². The Kier molecular flexibility index (Phi) is 7.40. The van der Waals surface area contributed by atoms with E-state index in [1.807, 2.05) is 0 Å². The number of amides is 2. The third-order valence-electron chi connectivity index (χ3n) is 4.29. The molecule has 4 nitrogen and oxygen atoms in total. The predicted molar refractivity (Wildman–Crippen MR) is 92.6 cm³/mol. The Bertz CT molecular complexity index is 510. The molecule has 0 unspecified atom stereocenters. The lowest BCUT2D eigenvalue weighted by Gasteiger charge is -2.21. The van der Waals surface area contributed by atoms with Gasteiger partial charge < -0.3 is 10.6 Å². The average Bonchev–Trinajstić information content (AvgIpc) is 2.58. The van der Waals surface area contributed by atoms with E-state index < -0.39 is 0 Å². The summed E-state index contributed by atoms with van der Waals surface area (Å²) in [5.41, 5.74) is 0.580. The Morgan fingerprint density at radius 1 is 1.04 bits per heavy atom. The maximum atomic E-state index is 11.9. The summed E-state index contributed by atoms with van der Waals surface area (Å²) in [6.45, 7) is 1.30. The first-order chi connectivity index (χ1) is 11.1. The fourth-order valence-corrected chi connectivity index (χ4v) is 3.02. The molecule has 0 aromatic heterocycles. The number of carbonyl (C=O) groups excluding carboxylic acids is 2. The molecule has 126 valence electrons. The molecule has 0 aliphatic heterocycles. The summed E-state index contributed by atoms with van der Waals surface area (Å²) < 4.78 is 0. The molecule has 1 aliphatic rings. The molecule has 1 aliphatic carbocycles. The van der Waals surface area contributed by atoms with Crippen molar-refractivity contribution >= 4 is 23.4 Å². The van der Waals surface area contributed by atoms with Crippen LogP contribution in [0.25, 0.3) is 0 Å². The van der Waals surface area contributed by atoms with Gasteiger partial charge in [-0.1, -0.05) is 30.9 Å². The van der Waals surface area contributed by atoms with Crippen LogP contribution in [0.15, 0.2) is 24.3 Å². The summed E-state index contributed by atoms with van der Waals surface area (Å²) in [5.74, 6) is 0.595. The van der Waals surface area contributed by atoms with E-state index in [0.29, 0.717) is 35.9 Å². The normalized spacial score (nSPS) is 15.2. The van der Waals surface area contributed by atoms with Crippen LogP contribution in [-0.2, 0) is 4.79 Å². The van der Waals surface area contributed by atoms with Gasteiger partial charge in [0.25, 0.3) is 5.91 Å². The third kappa shape index (κ3) is 6.61. The van der Waals surface area contributed by atoms with Gasteiger partial charge in [-0.05, 0) is 49.4 Å². The average molecular weight is 337 g/mol. The molecule has 0 saturated heterocycles. The van der Waals surface area contributed by atoms with E-state index in [4.69, 9.17) is 11.6 Å². The van der Waals surface area contributed by atoms with E-state index in [9.17, 15) is 9.59 Å². The zero-order chi connectivity index (χ0) is 16.5. The van der Waals surface area contributed by atoms with Crippen molar-refractivity contribution in [1.29, 1.82) is 0 Å². The van der Waals surface area contributed by atoms with Crippen molar-refractivity contribution in [3.05, 3.63) is 34.9 Å². The SMILES string of the molecule is O=C(CCCNC(=O)c1ccc(Cl)cc1)NCC1CCCCC1. The van der Waals surface area contributed by atoms with E-state index >= 15 is 0 Å². The van der Waals surface area contributed by atoms with Crippen LogP contribution in [0.5, 0.6) is 0 Å². The van der Waals surface area contributed by atoms with Gasteiger partial charge in [0, 0.05) is 30.1 Å². The molecule has 5 heteroatoms. The van der Waals surface area contributed by atoms with Crippen molar-refractivity contribution in [2.45, 2.75) is 44.9 Å². The lowest BCUT2D eigenvalue weighted by molar-refractivity contribution is -0.121. The zero-order valence-corrected chi connectivity index (χ0v) is 14.2. The largest absolute Gasteiger partial charge is 0.356 e. The second-order valence-electron chi connectivity index (χ2n) is 6.17. The van der Waals surface area contributed by atoms with Crippen molar-refractivity contribution in [2.24, 2.45) is 5.92 Å². The number of rotatable bonds is 7. The number of halogens is 1. The molecule has 0 heterocycles. The summed E-state index contributed by atoms with van der Waals surface area (Å²) >= 11 is 5.79. The van der Waals surface area contributed by atoms with Crippen molar-refractivity contribution in [1.82, 2.24) is 10.6 Å². The van der Waals surface area contributed by atoms with Gasteiger partial charge in [-0.15, -0.1) is 0 Å². The van der Waals surface area contributed by atoms with E-state index in [2.05, 4.69) is 10.6 Å². The molecular formula is C18H25ClN2O2. The minimum Gasteiger partial charge on any atom is -0.356 e. The molecule has 0 bridgehead atoms. The Labute approximate surface area is 143 Å². The predicted octanol–water partition coefficient (Wildman–Crippen LogP) is 3.55. The Balaban J connectivity index is 1.56. The van der Waals surface area contributed by atoms with Gasteiger partial charge in [0.05, 0.1) is 0 Å². The van der Waals surface area contributed by atoms with Crippen molar-refractivity contribution < 1.29 is 9.59 Å². The van der Waals surface area contributed by atoms with Gasteiger partial charge in [-0.25, -0.2) is 0 Å². The maximum absolute atomic E-state index is 11.9. The summed E-state index contributed by atoms with van der Waals surface area (Å²) in [7, 11) is 0. The standard InChI is InChI=1S/C18H25ClN2O2/c19-16-10-8-15(9-11-16)18(23)20-12-4-7-17(22)21-13-14-5-2-1-3-6-14/h8-11,14H,1-7,12-13H2,(H,20,23)(H,21,22). The van der Waals surface area contributed by atoms with Crippen molar-refractivity contribution in [3.8, 4) is 0 Å². The topological polar surface area (TPSA) is 58.2 Å². The van der Waals surface area contributed by atoms with E-state index in [1.165, 1.54) is 32.1 Å². The molecule has 0 atom stereocenters. The second kappa shape index (κ2) is 9.56. The van der Waals surface area contributed by atoms with E-state index in [1.54, 1.807) is 24.3 Å². The highest BCUT2D eigenvalue weighted by molar-refractivity contribution is 6.30. The van der Waals surface area contributed by atoms with Crippen LogP contribution >= 0.6 is 11.6 Å². The van der Waals surface area contributed by atoms with Crippen LogP contribution in [0.2, 0.25) is 5.02 Å². The van der Waals surface area contributed by atoms with Crippen molar-refractivity contribution in [3.63, 3.8) is 0 Å². The third-order valence-corrected chi connectivity index (χ3v) is 4.54. The first-order valence-electron chi connectivity index (χ1n) is 8.45. The maximum Gasteiger partial charge on any atom is 0.251 e. The lowest BCUT2D eigenvalue weighted by Crippen LogP contribution is -2.31. The molecule has 2 N–H and O–H groups in total. The summed E-state index contributed by atoms with van der Waals surface area (Å²) in [4.78, 5) is 23.7. The zero-order valence-electron chi connectivity index (χ0n) is 13.4. The summed E-state index contributed by atoms with van der Waals surface area (Å²) in [6, 6.07) is 6.76. The lowest BCUT2D eigenvalue weighted by atomic mass is 9.89. The van der Waals surface area contributed by atoms with Crippen LogP contribution in [0.1, 0.15) is 55.3 Å². The number of hydrogen-bond donors (Lipinski definition) is 2. The number of benzene rings is 1. The van der Waals surface area contributed by atoms with Crippen LogP contribution in [0, 0.1) is 5.92 Å². The fraction of sp³-hybridized carbons (Fsp3) is 0.556. The molecule has 0 radical (unpaired) electrons. The fourth-order valence-electron chi connectivity index (χ4n) is 2.89. The Morgan fingerprint density at radius 2 is 1.74 bits per heavy atom. The quantitative estimate of drug-likeness (QED) is 0.748. The highest BCUT2D eigenvalue weighted by Gasteiger charge is 2.14. The van der Waals surface area contributed by atoms with E-state index in [-0.39, 0.29) is 11.8 Å². The first kappa shape index (κ1) is 17.8. The van der Waals surface area contributed by atoms with Gasteiger partial charge in [-0.2, -0.15) is 0 Å². The summed E-state index contributed by atoms with van der Waals surface area (Å²) in [6.07, 6.45) is 7.48. The molecule has 2 rings (SSSR count). The van der Waals surface area contributed by atoms with Gasteiger partial charge in [-0.3, -0.25) is 9.59 Å². The summed E-state index contributed by atoms with van der Waals surface area (Å²) in [5, 5.41) is 6.44. The number of hydrogen-bond acceptors (Lipinski definition) is 2. The minimum atomic E-state index is -0.135. The molecular weight excluding hydrogens is 312 g/mol. The van der Waals surface area contributed by atoms with Crippen LogP contribution in [0.3, 0.4) is 0 Å². The van der Waals surface area contributed by atoms with Crippen LogP contribution in [-0.4, -0.2) is 24.9 Å². The first-order valence-corrected chi connectivity index (χ1v) is 8.83. The molecule has 1 fully saturated rings. The van der Waals surface area contributed by atoms with Gasteiger partial charge in [0.2, 0.25) is 5.91 Å². The minimum absolute atomic E-state index is 0.0799. The second-order valence-corrected chi connectivity index (χ2v) is 6.61. The Hall–Kier alpha value is -1.55. The van der Waals surface area contributed by atoms with Crippen LogP contribution < -0.4 is 10.6 Å². The monoisotopic (exact) mass is 336 g/mol. The molecule has 23 heavy (non-hydrogen) atoms.